The van der Waals surface area contributed by atoms with E-state index in [0.717, 1.165) is 42.6 Å². The maximum absolute atomic E-state index is 13.8. The van der Waals surface area contributed by atoms with Crippen LogP contribution in [-0.4, -0.2) is 55.0 Å². The summed E-state index contributed by atoms with van der Waals surface area (Å²) < 4.78 is 6.03. The lowest BCUT2D eigenvalue weighted by atomic mass is 9.93. The molecule has 0 saturated heterocycles. The maximum Gasteiger partial charge on any atom is 0.246 e. The van der Waals surface area contributed by atoms with Crippen LogP contribution in [0.25, 0.3) is 6.08 Å². The number of benzene rings is 2. The predicted octanol–water partition coefficient (Wildman–Crippen LogP) is 3.39. The van der Waals surface area contributed by atoms with Crippen molar-refractivity contribution in [1.82, 2.24) is 21.3 Å². The highest BCUT2D eigenvalue weighted by molar-refractivity contribution is 6.30. The molecule has 0 aromatic heterocycles. The highest BCUT2D eigenvalue weighted by Crippen LogP contribution is 2.35. The maximum atomic E-state index is 13.8. The average molecular weight is 565 g/mol. The van der Waals surface area contributed by atoms with Gasteiger partial charge in [-0.2, -0.15) is 0 Å². The Labute approximate surface area is 240 Å². The van der Waals surface area contributed by atoms with E-state index in [0.29, 0.717) is 37.4 Å². The zero-order chi connectivity index (χ0) is 28.0. The van der Waals surface area contributed by atoms with Crippen LogP contribution < -0.4 is 26.0 Å². The summed E-state index contributed by atoms with van der Waals surface area (Å²) in [5, 5.41) is 13.0. The third-order valence-corrected chi connectivity index (χ3v) is 8.19. The fourth-order valence-corrected chi connectivity index (χ4v) is 5.69. The number of carbonyl (C=O) groups is 3. The van der Waals surface area contributed by atoms with Gasteiger partial charge >= 0.3 is 0 Å². The van der Waals surface area contributed by atoms with Crippen LogP contribution in [0.3, 0.4) is 0 Å². The van der Waals surface area contributed by atoms with Gasteiger partial charge in [-0.1, -0.05) is 66.9 Å². The fraction of sp³-hybridized carbons (Fsp3) is 0.452. The molecule has 8 nitrogen and oxygen atoms in total. The van der Waals surface area contributed by atoms with Crippen molar-refractivity contribution in [3.05, 3.63) is 70.8 Å². The normalized spacial score (nSPS) is 25.0. The van der Waals surface area contributed by atoms with Crippen LogP contribution in [0, 0.1) is 5.92 Å². The Morgan fingerprint density at radius 3 is 2.45 bits per heavy atom. The number of ether oxygens (including phenoxy) is 1. The van der Waals surface area contributed by atoms with E-state index in [-0.39, 0.29) is 30.2 Å². The highest BCUT2D eigenvalue weighted by atomic mass is 35.5. The van der Waals surface area contributed by atoms with Crippen molar-refractivity contribution in [3.8, 4) is 5.75 Å². The summed E-state index contributed by atoms with van der Waals surface area (Å²) in [5.41, 5.74) is 0.727. The first-order valence-corrected chi connectivity index (χ1v) is 14.6. The van der Waals surface area contributed by atoms with Crippen molar-refractivity contribution in [2.24, 2.45) is 5.92 Å². The molecular weight excluding hydrogens is 528 g/mol. The molecule has 2 aromatic rings. The molecule has 212 valence electrons. The van der Waals surface area contributed by atoms with Crippen molar-refractivity contribution in [2.45, 2.75) is 62.6 Å². The minimum atomic E-state index is -1.04. The fourth-order valence-electron chi connectivity index (χ4n) is 5.56. The number of nitrogens with one attached hydrogen (secondary N) is 4. The molecule has 0 radical (unpaired) electrons. The SMILES string of the molecule is O=C1NC/C=C\c2ccccc2OCCN[C@@H](C2CC2)C(=O)NC2(CCCC2)C(=O)N[C@H]1Cc1ccc(Cl)cc1. The molecule has 3 aliphatic rings. The smallest absolute Gasteiger partial charge is 0.246 e. The number of carbonyl (C=O) groups excluding carboxylic acids is 3. The molecule has 1 aliphatic heterocycles. The summed E-state index contributed by atoms with van der Waals surface area (Å²) >= 11 is 6.06. The van der Waals surface area contributed by atoms with Gasteiger partial charge in [0, 0.05) is 30.1 Å². The minimum absolute atomic E-state index is 0.164. The molecule has 1 heterocycles. The molecule has 2 fully saturated rings. The van der Waals surface area contributed by atoms with Crippen molar-refractivity contribution >= 4 is 35.4 Å². The molecule has 0 unspecified atom stereocenters. The van der Waals surface area contributed by atoms with E-state index in [4.69, 9.17) is 16.3 Å². The summed E-state index contributed by atoms with van der Waals surface area (Å²) in [5.74, 6) is 0.207. The van der Waals surface area contributed by atoms with Crippen molar-refractivity contribution in [1.29, 1.82) is 0 Å². The first-order valence-electron chi connectivity index (χ1n) is 14.2. The predicted molar refractivity (Wildman–Crippen MR) is 155 cm³/mol. The largest absolute Gasteiger partial charge is 0.492 e. The van der Waals surface area contributed by atoms with Crippen LogP contribution in [0.5, 0.6) is 5.75 Å². The first-order chi connectivity index (χ1) is 19.4. The summed E-state index contributed by atoms with van der Waals surface area (Å²) in [6.45, 7) is 1.19. The second kappa shape index (κ2) is 12.9. The molecule has 2 aliphatic carbocycles. The van der Waals surface area contributed by atoms with Gasteiger partial charge in [-0.3, -0.25) is 14.4 Å². The number of fused-ring (bicyclic) bond motifs is 1. The third-order valence-electron chi connectivity index (χ3n) is 7.94. The van der Waals surface area contributed by atoms with Crippen LogP contribution in [0.2, 0.25) is 5.02 Å². The number of amides is 3. The van der Waals surface area contributed by atoms with Crippen molar-refractivity contribution in [3.63, 3.8) is 0 Å². The van der Waals surface area contributed by atoms with Gasteiger partial charge in [-0.25, -0.2) is 0 Å². The summed E-state index contributed by atoms with van der Waals surface area (Å²) in [7, 11) is 0. The molecule has 2 atom stereocenters. The molecule has 9 heteroatoms. The Kier molecular flexibility index (Phi) is 9.07. The molecule has 1 spiro atoms. The summed E-state index contributed by atoms with van der Waals surface area (Å²) in [6, 6.07) is 13.7. The van der Waals surface area contributed by atoms with Gasteiger partial charge in [0.2, 0.25) is 17.7 Å². The van der Waals surface area contributed by atoms with Gasteiger partial charge in [-0.05, 0) is 55.4 Å². The van der Waals surface area contributed by atoms with E-state index in [1.54, 1.807) is 12.1 Å². The van der Waals surface area contributed by atoms with Gasteiger partial charge in [-0.15, -0.1) is 0 Å². The van der Waals surface area contributed by atoms with Gasteiger partial charge in [0.1, 0.15) is 23.9 Å². The lowest BCUT2D eigenvalue weighted by molar-refractivity contribution is -0.136. The van der Waals surface area contributed by atoms with Crippen LogP contribution in [-0.2, 0) is 20.8 Å². The van der Waals surface area contributed by atoms with E-state index in [9.17, 15) is 14.4 Å². The van der Waals surface area contributed by atoms with E-state index >= 15 is 0 Å². The van der Waals surface area contributed by atoms with E-state index in [1.165, 1.54) is 0 Å². The second-order valence-corrected chi connectivity index (χ2v) is 11.4. The monoisotopic (exact) mass is 564 g/mol. The molecule has 2 saturated carbocycles. The van der Waals surface area contributed by atoms with Crippen LogP contribution in [0.4, 0.5) is 0 Å². The number of halogens is 1. The lowest BCUT2D eigenvalue weighted by Crippen LogP contribution is -2.63. The minimum Gasteiger partial charge on any atom is -0.492 e. The Balaban J connectivity index is 1.41. The molecule has 40 heavy (non-hydrogen) atoms. The summed E-state index contributed by atoms with van der Waals surface area (Å²) in [6.07, 6.45) is 8.77. The zero-order valence-corrected chi connectivity index (χ0v) is 23.3. The standard InChI is InChI=1S/C31H37ClN4O4/c32-24-13-9-21(10-14-24)20-25-28(37)34-17-5-7-22-6-1-2-8-26(22)40-19-18-33-27(23-11-12-23)29(38)36-31(30(39)35-25)15-3-4-16-31/h1-2,5-10,13-14,23,25,27,33H,3-4,11-12,15-20H2,(H,34,37)(H,35,39)(H,36,38)/b7-5-/t25-,27-/m0/s1. The van der Waals surface area contributed by atoms with Crippen LogP contribution >= 0.6 is 11.6 Å². The number of rotatable bonds is 3. The Hall–Kier alpha value is -3.36. The third kappa shape index (κ3) is 7.04. The van der Waals surface area contributed by atoms with Gasteiger partial charge in [0.25, 0.3) is 0 Å². The highest BCUT2D eigenvalue weighted by Gasteiger charge is 2.46. The van der Waals surface area contributed by atoms with Crippen molar-refractivity contribution in [2.75, 3.05) is 19.7 Å². The van der Waals surface area contributed by atoms with E-state index < -0.39 is 17.6 Å². The van der Waals surface area contributed by atoms with E-state index in [1.807, 2.05) is 48.6 Å². The second-order valence-electron chi connectivity index (χ2n) is 10.9. The Bertz CT molecular complexity index is 1240. The summed E-state index contributed by atoms with van der Waals surface area (Å²) in [4.78, 5) is 40.8. The van der Waals surface area contributed by atoms with Crippen LogP contribution in [0.1, 0.15) is 49.7 Å². The number of hydrogen-bond acceptors (Lipinski definition) is 5. The molecular formula is C31H37ClN4O4. The van der Waals surface area contributed by atoms with Gasteiger partial charge in [0.15, 0.2) is 0 Å². The van der Waals surface area contributed by atoms with Gasteiger partial charge in [0.05, 0.1) is 6.04 Å². The quantitative estimate of drug-likeness (QED) is 0.457. The first kappa shape index (κ1) is 28.2. The number of para-hydroxylation sites is 1. The molecule has 3 amide bonds. The van der Waals surface area contributed by atoms with Crippen LogP contribution in [0.15, 0.2) is 54.6 Å². The number of hydrogen-bond donors (Lipinski definition) is 4. The molecule has 0 bridgehead atoms. The molecule has 2 aromatic carbocycles. The Morgan fingerprint density at radius 1 is 0.950 bits per heavy atom. The van der Waals surface area contributed by atoms with Gasteiger partial charge < -0.3 is 26.0 Å². The zero-order valence-electron chi connectivity index (χ0n) is 22.6. The Morgan fingerprint density at radius 2 is 1.70 bits per heavy atom. The lowest BCUT2D eigenvalue weighted by Gasteiger charge is -2.33. The van der Waals surface area contributed by atoms with E-state index in [2.05, 4.69) is 21.3 Å². The molecule has 4 N–H and O–H groups in total. The molecule has 5 rings (SSSR count). The topological polar surface area (TPSA) is 109 Å². The average Bonchev–Trinajstić information content (AvgIpc) is 3.68. The van der Waals surface area contributed by atoms with Crippen molar-refractivity contribution < 1.29 is 19.1 Å².